The summed E-state index contributed by atoms with van der Waals surface area (Å²) in [5.41, 5.74) is -0.130. The molecular formula is C9H12BrNOS. The topological polar surface area (TPSA) is 21.3 Å². The number of hydrogen-bond acceptors (Lipinski definition) is 3. The molecule has 0 bridgehead atoms. The summed E-state index contributed by atoms with van der Waals surface area (Å²) in [4.78, 5) is 1.28. The van der Waals surface area contributed by atoms with Crippen molar-refractivity contribution in [3.05, 3.63) is 20.8 Å². The van der Waals surface area contributed by atoms with E-state index in [1.54, 1.807) is 11.3 Å². The van der Waals surface area contributed by atoms with Crippen molar-refractivity contribution in [2.24, 2.45) is 0 Å². The lowest BCUT2D eigenvalue weighted by atomic mass is 10.0. The van der Waals surface area contributed by atoms with Crippen molar-refractivity contribution in [3.8, 4) is 0 Å². The maximum Gasteiger partial charge on any atom is 0.112 e. The molecule has 1 aliphatic heterocycles. The standard InChI is InChI=1S/C9H12BrNOS/c1-9(6-11-4-5-12-9)7-2-3-8(10)13-7/h2-3,11H,4-6H2,1H3. The molecule has 0 spiro atoms. The van der Waals surface area contributed by atoms with Crippen LogP contribution in [0.25, 0.3) is 0 Å². The molecule has 4 heteroatoms. The van der Waals surface area contributed by atoms with E-state index < -0.39 is 0 Å². The van der Waals surface area contributed by atoms with Crippen LogP contribution in [0.3, 0.4) is 0 Å². The van der Waals surface area contributed by atoms with E-state index in [2.05, 4.69) is 40.3 Å². The van der Waals surface area contributed by atoms with E-state index in [1.165, 1.54) is 4.88 Å². The second-order valence-corrected chi connectivity index (χ2v) is 5.82. The molecule has 1 aromatic rings. The van der Waals surface area contributed by atoms with Crippen LogP contribution < -0.4 is 5.32 Å². The van der Waals surface area contributed by atoms with Gasteiger partial charge in [0.2, 0.25) is 0 Å². The highest BCUT2D eigenvalue weighted by Crippen LogP contribution is 2.34. The summed E-state index contributed by atoms with van der Waals surface area (Å²) in [6.07, 6.45) is 0. The van der Waals surface area contributed by atoms with Gasteiger partial charge in [-0.15, -0.1) is 11.3 Å². The van der Waals surface area contributed by atoms with Crippen LogP contribution in [0.2, 0.25) is 0 Å². The minimum Gasteiger partial charge on any atom is -0.367 e. The first-order valence-corrected chi connectivity index (χ1v) is 5.92. The van der Waals surface area contributed by atoms with Crippen LogP contribution in [-0.4, -0.2) is 19.7 Å². The zero-order chi connectivity index (χ0) is 9.31. The van der Waals surface area contributed by atoms with E-state index in [9.17, 15) is 0 Å². The Kier molecular flexibility index (Phi) is 2.74. The van der Waals surface area contributed by atoms with Crippen LogP contribution in [-0.2, 0) is 10.3 Å². The Balaban J connectivity index is 2.22. The molecule has 1 N–H and O–H groups in total. The van der Waals surface area contributed by atoms with Crippen LogP contribution in [0.4, 0.5) is 0 Å². The summed E-state index contributed by atoms with van der Waals surface area (Å²) in [6.45, 7) is 4.80. The SMILES string of the molecule is CC1(c2ccc(Br)s2)CNCCO1. The summed E-state index contributed by atoms with van der Waals surface area (Å²) >= 11 is 5.21. The number of morpholine rings is 1. The molecule has 0 radical (unpaired) electrons. The maximum atomic E-state index is 5.79. The van der Waals surface area contributed by atoms with E-state index in [4.69, 9.17) is 4.74 Å². The number of rotatable bonds is 1. The Bertz CT molecular complexity index is 294. The lowest BCUT2D eigenvalue weighted by Crippen LogP contribution is -2.44. The van der Waals surface area contributed by atoms with Crippen molar-refractivity contribution in [1.82, 2.24) is 5.32 Å². The van der Waals surface area contributed by atoms with E-state index in [0.29, 0.717) is 0 Å². The fraction of sp³-hybridized carbons (Fsp3) is 0.556. The molecule has 1 saturated heterocycles. The lowest BCUT2D eigenvalue weighted by molar-refractivity contribution is -0.0546. The molecule has 0 saturated carbocycles. The van der Waals surface area contributed by atoms with Gasteiger partial charge in [-0.2, -0.15) is 0 Å². The van der Waals surface area contributed by atoms with E-state index in [0.717, 1.165) is 23.5 Å². The highest BCUT2D eigenvalue weighted by atomic mass is 79.9. The molecule has 2 nitrogen and oxygen atoms in total. The third kappa shape index (κ3) is 1.96. The summed E-state index contributed by atoms with van der Waals surface area (Å²) in [7, 11) is 0. The van der Waals surface area contributed by atoms with Crippen molar-refractivity contribution in [2.45, 2.75) is 12.5 Å². The first-order chi connectivity index (χ1) is 6.21. The van der Waals surface area contributed by atoms with Crippen molar-refractivity contribution in [2.75, 3.05) is 19.7 Å². The van der Waals surface area contributed by atoms with Crippen molar-refractivity contribution in [1.29, 1.82) is 0 Å². The van der Waals surface area contributed by atoms with Crippen LogP contribution in [0.5, 0.6) is 0 Å². The minimum atomic E-state index is -0.130. The smallest absolute Gasteiger partial charge is 0.112 e. The molecule has 0 amide bonds. The molecule has 2 heterocycles. The van der Waals surface area contributed by atoms with E-state index in [-0.39, 0.29) is 5.60 Å². The van der Waals surface area contributed by atoms with Crippen molar-refractivity contribution < 1.29 is 4.74 Å². The highest BCUT2D eigenvalue weighted by molar-refractivity contribution is 9.11. The second-order valence-electron chi connectivity index (χ2n) is 3.36. The molecular weight excluding hydrogens is 250 g/mol. The van der Waals surface area contributed by atoms with Gasteiger partial charge in [-0.25, -0.2) is 0 Å². The van der Waals surface area contributed by atoms with Crippen LogP contribution >= 0.6 is 27.3 Å². The Morgan fingerprint density at radius 3 is 3.00 bits per heavy atom. The Morgan fingerprint density at radius 2 is 2.46 bits per heavy atom. The van der Waals surface area contributed by atoms with Gasteiger partial charge in [-0.1, -0.05) is 0 Å². The molecule has 1 fully saturated rings. The average molecular weight is 262 g/mol. The quantitative estimate of drug-likeness (QED) is 0.838. The maximum absolute atomic E-state index is 5.79. The third-order valence-corrected chi connectivity index (χ3v) is 4.13. The van der Waals surface area contributed by atoms with Gasteiger partial charge in [0.25, 0.3) is 0 Å². The van der Waals surface area contributed by atoms with Crippen molar-refractivity contribution >= 4 is 27.3 Å². The Morgan fingerprint density at radius 1 is 1.62 bits per heavy atom. The highest BCUT2D eigenvalue weighted by Gasteiger charge is 2.31. The van der Waals surface area contributed by atoms with Crippen molar-refractivity contribution in [3.63, 3.8) is 0 Å². The largest absolute Gasteiger partial charge is 0.367 e. The average Bonchev–Trinajstić information content (AvgIpc) is 2.54. The molecule has 72 valence electrons. The third-order valence-electron chi connectivity index (χ3n) is 2.26. The fourth-order valence-electron chi connectivity index (χ4n) is 1.48. The predicted molar refractivity (Wildman–Crippen MR) is 58.2 cm³/mol. The normalized spacial score (nSPS) is 29.1. The summed E-state index contributed by atoms with van der Waals surface area (Å²) in [6, 6.07) is 4.20. The summed E-state index contributed by atoms with van der Waals surface area (Å²) < 4.78 is 6.96. The van der Waals surface area contributed by atoms with Gasteiger partial charge in [0.1, 0.15) is 5.60 Å². The van der Waals surface area contributed by atoms with Crippen LogP contribution in [0.1, 0.15) is 11.8 Å². The Hall–Kier alpha value is 0.1000. The number of halogens is 1. The Labute approximate surface area is 90.4 Å². The minimum absolute atomic E-state index is 0.130. The molecule has 2 rings (SSSR count). The monoisotopic (exact) mass is 261 g/mol. The molecule has 0 aliphatic carbocycles. The predicted octanol–water partition coefficient (Wildman–Crippen LogP) is 2.35. The van der Waals surface area contributed by atoms with Gasteiger partial charge in [-0.05, 0) is 35.0 Å². The molecule has 0 aromatic carbocycles. The van der Waals surface area contributed by atoms with E-state index >= 15 is 0 Å². The lowest BCUT2D eigenvalue weighted by Gasteiger charge is -2.33. The molecule has 1 unspecified atom stereocenters. The van der Waals surface area contributed by atoms with Gasteiger partial charge in [0.15, 0.2) is 0 Å². The number of hydrogen-bond donors (Lipinski definition) is 1. The zero-order valence-corrected chi connectivity index (χ0v) is 9.87. The van der Waals surface area contributed by atoms with Gasteiger partial charge in [0.05, 0.1) is 10.4 Å². The first kappa shape index (κ1) is 9.65. The fourth-order valence-corrected chi connectivity index (χ4v) is 2.97. The summed E-state index contributed by atoms with van der Waals surface area (Å²) in [5.74, 6) is 0. The molecule has 1 aliphatic rings. The van der Waals surface area contributed by atoms with Gasteiger partial charge in [0, 0.05) is 18.0 Å². The summed E-state index contributed by atoms with van der Waals surface area (Å²) in [5, 5.41) is 3.35. The second kappa shape index (κ2) is 3.69. The first-order valence-electron chi connectivity index (χ1n) is 4.31. The van der Waals surface area contributed by atoms with Crippen LogP contribution in [0, 0.1) is 0 Å². The van der Waals surface area contributed by atoms with Gasteiger partial charge in [-0.3, -0.25) is 0 Å². The van der Waals surface area contributed by atoms with Gasteiger partial charge < -0.3 is 10.1 Å². The number of thiophene rings is 1. The van der Waals surface area contributed by atoms with Crippen LogP contribution in [0.15, 0.2) is 15.9 Å². The zero-order valence-electron chi connectivity index (χ0n) is 7.47. The molecule has 1 atom stereocenters. The van der Waals surface area contributed by atoms with E-state index in [1.807, 2.05) is 0 Å². The van der Waals surface area contributed by atoms with Gasteiger partial charge >= 0.3 is 0 Å². The number of ether oxygens (including phenoxy) is 1. The molecule has 13 heavy (non-hydrogen) atoms. The molecule has 1 aromatic heterocycles. The number of nitrogens with one attached hydrogen (secondary N) is 1.